The number of pyridine rings is 1. The molecule has 1 aromatic heterocycles. The Balaban J connectivity index is 2.36. The number of anilines is 1. The van der Waals surface area contributed by atoms with Crippen molar-refractivity contribution < 1.29 is 14.3 Å². The molecule has 0 saturated heterocycles. The predicted octanol–water partition coefficient (Wildman–Crippen LogP) is 2.53. The molecule has 1 amide bonds. The molecule has 8 heteroatoms. The van der Waals surface area contributed by atoms with Gasteiger partial charge >= 0.3 is 5.97 Å². The Labute approximate surface area is 147 Å². The molecule has 1 aromatic rings. The molecule has 2 rings (SSSR count). The number of ether oxygens (including phenoxy) is 1. The van der Waals surface area contributed by atoms with Crippen molar-refractivity contribution >= 4 is 51.3 Å². The van der Waals surface area contributed by atoms with E-state index < -0.39 is 17.5 Å². The van der Waals surface area contributed by atoms with Crippen LogP contribution in [0.2, 0.25) is 5.02 Å². The van der Waals surface area contributed by atoms with E-state index in [-0.39, 0.29) is 13.1 Å². The Morgan fingerprint density at radius 1 is 1.48 bits per heavy atom. The number of rotatable bonds is 3. The number of halogens is 2. The lowest BCUT2D eigenvalue weighted by Gasteiger charge is -2.30. The quantitative estimate of drug-likeness (QED) is 0.785. The molecule has 0 aromatic carbocycles. The van der Waals surface area contributed by atoms with Crippen molar-refractivity contribution in [1.29, 1.82) is 0 Å². The molecule has 6 nitrogen and oxygen atoms in total. The number of amides is 1. The fourth-order valence-corrected chi connectivity index (χ4v) is 2.66. The molecule has 0 saturated carbocycles. The highest BCUT2D eigenvalue weighted by atomic mass is 79.9. The monoisotopic (exact) mass is 401 g/mol. The summed E-state index contributed by atoms with van der Waals surface area (Å²) in [7, 11) is 0. The van der Waals surface area contributed by atoms with Gasteiger partial charge in [0.1, 0.15) is 18.0 Å². The first-order valence-electron chi connectivity index (χ1n) is 6.89. The van der Waals surface area contributed by atoms with Crippen LogP contribution in [0, 0.1) is 0 Å². The summed E-state index contributed by atoms with van der Waals surface area (Å²) >= 11 is 9.55. The number of carbonyl (C=O) groups excluding carboxylic acids is 2. The second-order valence-corrected chi connectivity index (χ2v) is 7.37. The highest BCUT2D eigenvalue weighted by Crippen LogP contribution is 2.36. The zero-order chi connectivity index (χ0) is 17.4. The smallest absolute Gasteiger partial charge is 0.326 e. The first kappa shape index (κ1) is 17.7. The molecule has 124 valence electrons. The Bertz CT molecular complexity index is 698. The first-order chi connectivity index (χ1) is 10.6. The Morgan fingerprint density at radius 3 is 2.70 bits per heavy atom. The minimum Gasteiger partial charge on any atom is -0.459 e. The van der Waals surface area contributed by atoms with Gasteiger partial charge in [-0.25, -0.2) is 4.98 Å². The lowest BCUT2D eigenvalue weighted by Crippen LogP contribution is -2.40. The average Bonchev–Trinajstić information content (AvgIpc) is 2.40. The van der Waals surface area contributed by atoms with Crippen LogP contribution in [-0.4, -0.2) is 35.6 Å². The van der Waals surface area contributed by atoms with Gasteiger partial charge in [0.15, 0.2) is 0 Å². The predicted molar refractivity (Wildman–Crippen MR) is 92.2 cm³/mol. The molecule has 23 heavy (non-hydrogen) atoms. The summed E-state index contributed by atoms with van der Waals surface area (Å²) in [6, 6.07) is 0. The standard InChI is InChI=1S/C15H17BrClN3O3/c1-15(2,3)23-11(21)7-20-6-8(13(18)22)4-9-12(17)10(16)5-19-14(9)20/h4-5H,6-7H2,1-3H3,(H2,18,22). The molecule has 0 unspecified atom stereocenters. The minimum absolute atomic E-state index is 0.0557. The SMILES string of the molecule is CC(C)(C)OC(=O)CN1CC(C(N)=O)=Cc2c1ncc(Br)c2Cl. The summed E-state index contributed by atoms with van der Waals surface area (Å²) in [5, 5.41) is 0.405. The van der Waals surface area contributed by atoms with Gasteiger partial charge in [0, 0.05) is 17.3 Å². The largest absolute Gasteiger partial charge is 0.459 e. The summed E-state index contributed by atoms with van der Waals surface area (Å²) in [5.41, 5.74) is 5.68. The van der Waals surface area contributed by atoms with Crippen molar-refractivity contribution in [3.63, 3.8) is 0 Å². The average molecular weight is 403 g/mol. The number of hydrogen-bond donors (Lipinski definition) is 1. The molecular formula is C15H17BrClN3O3. The van der Waals surface area contributed by atoms with Crippen LogP contribution in [0.25, 0.3) is 6.08 Å². The second-order valence-electron chi connectivity index (χ2n) is 6.13. The minimum atomic E-state index is -0.594. The zero-order valence-electron chi connectivity index (χ0n) is 13.0. The fraction of sp³-hybridized carbons (Fsp3) is 0.400. The van der Waals surface area contributed by atoms with E-state index in [9.17, 15) is 9.59 Å². The van der Waals surface area contributed by atoms with Crippen molar-refractivity contribution in [1.82, 2.24) is 4.98 Å². The van der Waals surface area contributed by atoms with Crippen molar-refractivity contribution in [2.75, 3.05) is 18.0 Å². The number of hydrogen-bond acceptors (Lipinski definition) is 5. The molecule has 2 N–H and O–H groups in total. The zero-order valence-corrected chi connectivity index (χ0v) is 15.4. The number of fused-ring (bicyclic) bond motifs is 1. The lowest BCUT2D eigenvalue weighted by atomic mass is 10.1. The maximum atomic E-state index is 12.1. The van der Waals surface area contributed by atoms with E-state index in [0.717, 1.165) is 0 Å². The summed E-state index contributed by atoms with van der Waals surface area (Å²) in [5.74, 6) is -0.482. The van der Waals surface area contributed by atoms with Gasteiger partial charge in [0.25, 0.3) is 0 Å². The number of aromatic nitrogens is 1. The number of esters is 1. The Hall–Kier alpha value is -1.60. The van der Waals surface area contributed by atoms with E-state index in [0.29, 0.717) is 26.4 Å². The first-order valence-corrected chi connectivity index (χ1v) is 8.07. The van der Waals surface area contributed by atoms with Gasteiger partial charge in [-0.1, -0.05) is 11.6 Å². The molecule has 0 radical (unpaired) electrons. The fourth-order valence-electron chi connectivity index (χ4n) is 2.16. The molecule has 0 bridgehead atoms. The van der Waals surface area contributed by atoms with E-state index in [4.69, 9.17) is 22.1 Å². The Kier molecular flexibility index (Phi) is 5.01. The van der Waals surface area contributed by atoms with Gasteiger partial charge in [-0.2, -0.15) is 0 Å². The number of nitrogens with zero attached hydrogens (tertiary/aromatic N) is 2. The summed E-state index contributed by atoms with van der Waals surface area (Å²) in [4.78, 5) is 29.6. The Morgan fingerprint density at radius 2 is 2.13 bits per heavy atom. The van der Waals surface area contributed by atoms with E-state index in [1.165, 1.54) is 0 Å². The second kappa shape index (κ2) is 6.49. The van der Waals surface area contributed by atoms with Crippen LogP contribution < -0.4 is 10.6 Å². The van der Waals surface area contributed by atoms with Crippen LogP contribution in [0.3, 0.4) is 0 Å². The number of primary amides is 1. The van der Waals surface area contributed by atoms with Crippen LogP contribution in [0.5, 0.6) is 0 Å². The summed E-state index contributed by atoms with van der Waals surface area (Å²) < 4.78 is 5.91. The van der Waals surface area contributed by atoms with Crippen molar-refractivity contribution in [3.8, 4) is 0 Å². The highest BCUT2D eigenvalue weighted by molar-refractivity contribution is 9.10. The van der Waals surface area contributed by atoms with Gasteiger partial charge in [0.05, 0.1) is 16.0 Å². The number of nitrogens with two attached hydrogens (primary N) is 1. The number of carbonyl (C=O) groups is 2. The summed E-state index contributed by atoms with van der Waals surface area (Å²) in [6.45, 7) is 5.48. The molecule has 0 spiro atoms. The third-order valence-corrected chi connectivity index (χ3v) is 4.26. The van der Waals surface area contributed by atoms with Crippen LogP contribution in [0.15, 0.2) is 16.2 Å². The van der Waals surface area contributed by atoms with Gasteiger partial charge in [-0.05, 0) is 42.8 Å². The molecule has 2 heterocycles. The van der Waals surface area contributed by atoms with Gasteiger partial charge in [-0.3, -0.25) is 9.59 Å². The topological polar surface area (TPSA) is 85.5 Å². The van der Waals surface area contributed by atoms with Gasteiger partial charge in [0.2, 0.25) is 5.91 Å². The molecule has 1 aliphatic rings. The maximum absolute atomic E-state index is 12.1. The molecule has 0 fully saturated rings. The molecule has 0 aliphatic carbocycles. The van der Waals surface area contributed by atoms with Gasteiger partial charge < -0.3 is 15.4 Å². The molecule has 0 atom stereocenters. The lowest BCUT2D eigenvalue weighted by molar-refractivity contribution is -0.153. The van der Waals surface area contributed by atoms with E-state index in [2.05, 4.69) is 20.9 Å². The van der Waals surface area contributed by atoms with Crippen LogP contribution in [-0.2, 0) is 14.3 Å². The van der Waals surface area contributed by atoms with E-state index in [1.807, 2.05) is 0 Å². The van der Waals surface area contributed by atoms with Crippen LogP contribution >= 0.6 is 27.5 Å². The van der Waals surface area contributed by atoms with Crippen LogP contribution in [0.4, 0.5) is 5.82 Å². The third-order valence-electron chi connectivity index (χ3n) is 3.02. The van der Waals surface area contributed by atoms with Gasteiger partial charge in [-0.15, -0.1) is 0 Å². The third kappa shape index (κ3) is 4.23. The van der Waals surface area contributed by atoms with E-state index in [1.54, 1.807) is 37.9 Å². The summed E-state index contributed by atoms with van der Waals surface area (Å²) in [6.07, 6.45) is 3.15. The van der Waals surface area contributed by atoms with Crippen molar-refractivity contribution in [2.45, 2.75) is 26.4 Å². The van der Waals surface area contributed by atoms with Crippen molar-refractivity contribution in [3.05, 3.63) is 26.8 Å². The van der Waals surface area contributed by atoms with E-state index >= 15 is 0 Å². The maximum Gasteiger partial charge on any atom is 0.326 e. The van der Waals surface area contributed by atoms with Crippen LogP contribution in [0.1, 0.15) is 26.3 Å². The highest BCUT2D eigenvalue weighted by Gasteiger charge is 2.27. The molecular weight excluding hydrogens is 386 g/mol. The molecule has 1 aliphatic heterocycles. The normalized spacial score (nSPS) is 14.1. The van der Waals surface area contributed by atoms with Crippen molar-refractivity contribution in [2.24, 2.45) is 5.73 Å².